The second kappa shape index (κ2) is 9.17. The monoisotopic (exact) mass is 431 g/mol. The average Bonchev–Trinajstić information content (AvgIpc) is 2.74. The van der Waals surface area contributed by atoms with Crippen LogP contribution in [0.1, 0.15) is 25.7 Å². The number of amides is 1. The number of ether oxygens (including phenoxy) is 1. The smallest absolute Gasteiger partial charge is 0.261 e. The van der Waals surface area contributed by atoms with Crippen LogP contribution in [0.4, 0.5) is 11.4 Å². The van der Waals surface area contributed by atoms with E-state index in [1.54, 1.807) is 24.3 Å². The van der Waals surface area contributed by atoms with Crippen molar-refractivity contribution in [1.29, 1.82) is 0 Å². The summed E-state index contributed by atoms with van der Waals surface area (Å²) in [7, 11) is -2.29. The summed E-state index contributed by atoms with van der Waals surface area (Å²) in [6, 6.07) is 12.1. The molecule has 2 N–H and O–H groups in total. The first kappa shape index (κ1) is 21.6. The first-order valence-electron chi connectivity index (χ1n) is 9.59. The van der Waals surface area contributed by atoms with Gasteiger partial charge in [-0.2, -0.15) is 0 Å². The van der Waals surface area contributed by atoms with E-state index in [0.717, 1.165) is 12.8 Å². The van der Waals surface area contributed by atoms with Gasteiger partial charge in [0.25, 0.3) is 10.0 Å². The number of hydrogen-bond acceptors (Lipinski definition) is 6. The van der Waals surface area contributed by atoms with Crippen molar-refractivity contribution in [3.63, 3.8) is 0 Å². The van der Waals surface area contributed by atoms with Gasteiger partial charge in [0.2, 0.25) is 5.91 Å². The zero-order valence-electron chi connectivity index (χ0n) is 16.5. The third kappa shape index (κ3) is 5.10. The summed E-state index contributed by atoms with van der Waals surface area (Å²) < 4.78 is 32.6. The quantitative estimate of drug-likeness (QED) is 0.691. The van der Waals surface area contributed by atoms with Gasteiger partial charge in [0.15, 0.2) is 0 Å². The molecule has 1 saturated carbocycles. The lowest BCUT2D eigenvalue weighted by molar-refractivity contribution is -0.313. The Bertz CT molecular complexity index is 1000. The molecule has 1 aliphatic rings. The van der Waals surface area contributed by atoms with E-state index in [1.807, 2.05) is 0 Å². The van der Waals surface area contributed by atoms with E-state index in [-0.39, 0.29) is 4.90 Å². The Morgan fingerprint density at radius 3 is 2.07 bits per heavy atom. The highest BCUT2D eigenvalue weighted by atomic mass is 32.2. The minimum absolute atomic E-state index is 0.0293. The zero-order chi connectivity index (χ0) is 21.7. The molecule has 2 aromatic rings. The summed E-state index contributed by atoms with van der Waals surface area (Å²) in [5.41, 5.74) is 0.782. The molecule has 0 heterocycles. The molecule has 0 radical (unpaired) electrons. The van der Waals surface area contributed by atoms with Crippen LogP contribution in [0.25, 0.3) is 0 Å². The Balaban J connectivity index is 1.67. The molecule has 1 amide bonds. The van der Waals surface area contributed by atoms with Crippen LogP contribution in [-0.4, -0.2) is 27.4 Å². The third-order valence-corrected chi connectivity index (χ3v) is 6.58. The molecule has 9 heteroatoms. The highest BCUT2D eigenvalue weighted by Gasteiger charge is 2.31. The fourth-order valence-electron chi connectivity index (χ4n) is 3.55. The van der Waals surface area contributed by atoms with E-state index in [2.05, 4.69) is 10.0 Å². The highest BCUT2D eigenvalue weighted by molar-refractivity contribution is 7.92. The van der Waals surface area contributed by atoms with Crippen LogP contribution in [0.5, 0.6) is 5.75 Å². The molecule has 2 atom stereocenters. The molecule has 0 spiro atoms. The molecule has 30 heavy (non-hydrogen) atoms. The van der Waals surface area contributed by atoms with Crippen LogP contribution in [0.2, 0.25) is 0 Å². The summed E-state index contributed by atoms with van der Waals surface area (Å²) in [6.07, 6.45) is 2.46. The van der Waals surface area contributed by atoms with Crippen LogP contribution in [0.15, 0.2) is 53.4 Å². The Kier molecular flexibility index (Phi) is 6.61. The fourth-order valence-corrected chi connectivity index (χ4v) is 4.61. The number of sulfonamides is 1. The minimum Gasteiger partial charge on any atom is -0.550 e. The van der Waals surface area contributed by atoms with Crippen molar-refractivity contribution in [2.75, 3.05) is 17.1 Å². The first-order valence-corrected chi connectivity index (χ1v) is 11.1. The van der Waals surface area contributed by atoms with Gasteiger partial charge in [-0.05, 0) is 61.4 Å². The zero-order valence-corrected chi connectivity index (χ0v) is 17.3. The first-order chi connectivity index (χ1) is 14.3. The number of carbonyl (C=O) groups excluding carboxylic acids is 2. The highest BCUT2D eigenvalue weighted by Crippen LogP contribution is 2.31. The van der Waals surface area contributed by atoms with Gasteiger partial charge in [-0.1, -0.05) is 12.8 Å². The number of hydrogen-bond donors (Lipinski definition) is 2. The Morgan fingerprint density at radius 2 is 1.50 bits per heavy atom. The van der Waals surface area contributed by atoms with Crippen LogP contribution in [0, 0.1) is 11.8 Å². The maximum absolute atomic E-state index is 12.6. The molecule has 2 aromatic carbocycles. The molecule has 1 fully saturated rings. The lowest BCUT2D eigenvalue weighted by Crippen LogP contribution is -2.42. The van der Waals surface area contributed by atoms with Crippen molar-refractivity contribution >= 4 is 33.3 Å². The summed E-state index contributed by atoms with van der Waals surface area (Å²) in [4.78, 5) is 23.8. The molecule has 8 nitrogen and oxygen atoms in total. The largest absolute Gasteiger partial charge is 0.550 e. The molecule has 0 aliphatic heterocycles. The topological polar surface area (TPSA) is 125 Å². The van der Waals surface area contributed by atoms with Crippen molar-refractivity contribution in [3.8, 4) is 5.75 Å². The molecule has 0 unspecified atom stereocenters. The summed E-state index contributed by atoms with van der Waals surface area (Å²) in [5.74, 6) is -2.44. The number of carbonyl (C=O) groups is 2. The summed E-state index contributed by atoms with van der Waals surface area (Å²) >= 11 is 0. The van der Waals surface area contributed by atoms with Gasteiger partial charge in [0.05, 0.1) is 12.0 Å². The van der Waals surface area contributed by atoms with E-state index in [0.29, 0.717) is 30.0 Å². The molecule has 0 bridgehead atoms. The Labute approximate surface area is 175 Å². The van der Waals surface area contributed by atoms with Crippen molar-refractivity contribution < 1.29 is 27.9 Å². The number of anilines is 2. The Hall–Kier alpha value is -3.07. The maximum Gasteiger partial charge on any atom is 0.261 e. The number of aliphatic carboxylic acids is 1. The number of methoxy groups -OCH3 is 1. The number of nitrogens with one attached hydrogen (secondary N) is 2. The second-order valence-corrected chi connectivity index (χ2v) is 8.85. The molecule has 1 aliphatic carbocycles. The van der Waals surface area contributed by atoms with Gasteiger partial charge in [0, 0.05) is 29.2 Å². The number of benzene rings is 2. The van der Waals surface area contributed by atoms with Gasteiger partial charge in [-0.3, -0.25) is 9.52 Å². The van der Waals surface area contributed by atoms with Crippen molar-refractivity contribution in [1.82, 2.24) is 0 Å². The van der Waals surface area contributed by atoms with E-state index in [4.69, 9.17) is 4.74 Å². The summed E-state index contributed by atoms with van der Waals surface area (Å²) in [6.45, 7) is 0. The predicted molar refractivity (Wildman–Crippen MR) is 109 cm³/mol. The Morgan fingerprint density at radius 1 is 0.933 bits per heavy atom. The number of carboxylic acids is 1. The van der Waals surface area contributed by atoms with Crippen LogP contribution >= 0.6 is 0 Å². The van der Waals surface area contributed by atoms with Crippen molar-refractivity contribution in [2.24, 2.45) is 11.8 Å². The van der Waals surface area contributed by atoms with Gasteiger partial charge < -0.3 is 20.0 Å². The SMILES string of the molecule is COc1ccc(NS(=O)(=O)c2ccc(NC(=O)[C@H]3CCCC[C@H]3C(=O)[O-])cc2)cc1. The van der Waals surface area contributed by atoms with Crippen molar-refractivity contribution in [3.05, 3.63) is 48.5 Å². The molecule has 3 rings (SSSR count). The maximum atomic E-state index is 12.6. The van der Waals surface area contributed by atoms with E-state index in [9.17, 15) is 23.1 Å². The van der Waals surface area contributed by atoms with Crippen LogP contribution in [-0.2, 0) is 19.6 Å². The second-order valence-electron chi connectivity index (χ2n) is 7.16. The van der Waals surface area contributed by atoms with Crippen LogP contribution < -0.4 is 19.9 Å². The average molecular weight is 431 g/mol. The minimum atomic E-state index is -3.81. The molecule has 0 aromatic heterocycles. The third-order valence-electron chi connectivity index (χ3n) is 5.18. The molecule has 0 saturated heterocycles. The molecular formula is C21H23N2O6S-. The fraction of sp³-hybridized carbons (Fsp3) is 0.333. The normalized spacial score (nSPS) is 19.0. The van der Waals surface area contributed by atoms with Crippen LogP contribution in [0.3, 0.4) is 0 Å². The number of carboxylic acid groups (broad SMARTS) is 1. The summed E-state index contributed by atoms with van der Waals surface area (Å²) in [5, 5.41) is 14.0. The predicted octanol–water partition coefficient (Wildman–Crippen LogP) is 1.99. The van der Waals surface area contributed by atoms with Gasteiger partial charge >= 0.3 is 0 Å². The number of rotatable bonds is 7. The lowest BCUT2D eigenvalue weighted by Gasteiger charge is -2.31. The lowest BCUT2D eigenvalue weighted by atomic mass is 9.78. The van der Waals surface area contributed by atoms with E-state index in [1.165, 1.54) is 31.4 Å². The standard InChI is InChI=1S/C21H24N2O6S/c1-29-16-10-6-15(7-11-16)23-30(27,28)17-12-8-14(9-13-17)22-20(24)18-4-2-3-5-19(18)21(25)26/h6-13,18-19,23H,2-5H2,1H3,(H,22,24)(H,25,26)/p-1/t18-,19+/m0/s1. The molecule has 160 valence electrons. The van der Waals surface area contributed by atoms with E-state index < -0.39 is 33.7 Å². The molecular weight excluding hydrogens is 408 g/mol. The van der Waals surface area contributed by atoms with E-state index >= 15 is 0 Å². The van der Waals surface area contributed by atoms with Gasteiger partial charge in [0.1, 0.15) is 5.75 Å². The van der Waals surface area contributed by atoms with Gasteiger partial charge in [-0.25, -0.2) is 8.42 Å². The van der Waals surface area contributed by atoms with Crippen molar-refractivity contribution in [2.45, 2.75) is 30.6 Å². The van der Waals surface area contributed by atoms with Gasteiger partial charge in [-0.15, -0.1) is 0 Å².